The molecule has 0 bridgehead atoms. The standard InChI is InChI=1S/C28H16BF15O4/c1-5-45-27(7(3)9-12(30)18(36)24(42)19(37)13(9)31)47-29(11-16(34)22(40)26(44)23(41)17(11)35)48-28(46-6-2)8(4)10-14(32)20(38)25(43)21(39)15(10)33/h5-6H2,1-4H3/b27-7+,28-8+. The van der Waals surface area contributed by atoms with E-state index in [1.165, 1.54) is 0 Å². The van der Waals surface area contributed by atoms with Crippen molar-refractivity contribution in [1.29, 1.82) is 0 Å². The van der Waals surface area contributed by atoms with Crippen LogP contribution in [0.1, 0.15) is 38.8 Å². The third-order valence-electron chi connectivity index (χ3n) is 6.24. The van der Waals surface area contributed by atoms with Crippen LogP contribution < -0.4 is 5.46 Å². The van der Waals surface area contributed by atoms with Crippen LogP contribution in [0, 0.1) is 87.3 Å². The lowest BCUT2D eigenvalue weighted by molar-refractivity contribution is 0.0718. The molecule has 0 heterocycles. The maximum Gasteiger partial charge on any atom is 0.643 e. The van der Waals surface area contributed by atoms with Crippen molar-refractivity contribution in [2.24, 2.45) is 0 Å². The van der Waals surface area contributed by atoms with Gasteiger partial charge in [-0.15, -0.1) is 0 Å². The van der Waals surface area contributed by atoms with Crippen LogP contribution in [0.15, 0.2) is 11.9 Å². The molecule has 0 N–H and O–H groups in total. The zero-order valence-corrected chi connectivity index (χ0v) is 24.3. The van der Waals surface area contributed by atoms with E-state index in [2.05, 4.69) is 0 Å². The summed E-state index contributed by atoms with van der Waals surface area (Å²) >= 11 is 0. The average molecular weight is 712 g/mol. The van der Waals surface area contributed by atoms with Crippen molar-refractivity contribution in [3.8, 4) is 0 Å². The van der Waals surface area contributed by atoms with E-state index in [0.29, 0.717) is 13.8 Å². The van der Waals surface area contributed by atoms with Gasteiger partial charge in [-0.2, -0.15) is 0 Å². The monoisotopic (exact) mass is 712 g/mol. The summed E-state index contributed by atoms with van der Waals surface area (Å²) < 4.78 is 234. The Balaban J connectivity index is 2.42. The number of ether oxygens (including phenoxy) is 2. The molecule has 0 radical (unpaired) electrons. The minimum Gasteiger partial charge on any atom is -0.495 e. The highest BCUT2D eigenvalue weighted by Gasteiger charge is 2.42. The highest BCUT2D eigenvalue weighted by molar-refractivity contribution is 6.62. The maximum atomic E-state index is 15.0. The van der Waals surface area contributed by atoms with Crippen LogP contribution in [0.3, 0.4) is 0 Å². The van der Waals surface area contributed by atoms with Gasteiger partial charge in [0.25, 0.3) is 11.9 Å². The summed E-state index contributed by atoms with van der Waals surface area (Å²) in [5, 5.41) is 0. The molecule has 0 aliphatic heterocycles. The van der Waals surface area contributed by atoms with E-state index in [0.717, 1.165) is 13.8 Å². The summed E-state index contributed by atoms with van der Waals surface area (Å²) in [4.78, 5) is 0. The van der Waals surface area contributed by atoms with Gasteiger partial charge in [0, 0.05) is 11.1 Å². The minimum atomic E-state index is -3.23. The molecule has 0 saturated carbocycles. The average Bonchev–Trinajstić information content (AvgIpc) is 3.05. The number of allylic oxidation sites excluding steroid dienone is 2. The third-order valence-corrected chi connectivity index (χ3v) is 6.24. The van der Waals surface area contributed by atoms with Crippen molar-refractivity contribution in [3.63, 3.8) is 0 Å². The number of halogens is 15. The van der Waals surface area contributed by atoms with Gasteiger partial charge >= 0.3 is 7.12 Å². The Morgan fingerprint density at radius 3 is 0.875 bits per heavy atom. The second-order valence-corrected chi connectivity index (χ2v) is 9.13. The molecular weight excluding hydrogens is 696 g/mol. The second kappa shape index (κ2) is 14.6. The van der Waals surface area contributed by atoms with E-state index >= 15 is 8.78 Å². The molecule has 0 saturated heterocycles. The van der Waals surface area contributed by atoms with Gasteiger partial charge in [-0.25, -0.2) is 65.9 Å². The number of rotatable bonds is 11. The zero-order chi connectivity index (χ0) is 36.5. The Kier molecular flexibility index (Phi) is 11.5. The normalized spacial score (nSPS) is 12.5. The van der Waals surface area contributed by atoms with Crippen LogP contribution in [-0.4, -0.2) is 20.3 Å². The van der Waals surface area contributed by atoms with Crippen molar-refractivity contribution in [2.45, 2.75) is 27.7 Å². The summed E-state index contributed by atoms with van der Waals surface area (Å²) in [5.74, 6) is -41.6. The van der Waals surface area contributed by atoms with E-state index in [9.17, 15) is 57.1 Å². The Morgan fingerprint density at radius 2 is 0.625 bits per heavy atom. The third kappa shape index (κ3) is 6.56. The molecule has 0 unspecified atom stereocenters. The van der Waals surface area contributed by atoms with E-state index < -0.39 is 147 Å². The summed E-state index contributed by atoms with van der Waals surface area (Å²) in [5.41, 5.74) is -8.08. The molecule has 0 aromatic heterocycles. The molecule has 4 nitrogen and oxygen atoms in total. The number of benzene rings is 3. The number of hydrogen-bond acceptors (Lipinski definition) is 4. The van der Waals surface area contributed by atoms with Crippen LogP contribution >= 0.6 is 0 Å². The molecule has 0 amide bonds. The molecule has 3 aromatic rings. The van der Waals surface area contributed by atoms with E-state index in [1.54, 1.807) is 0 Å². The van der Waals surface area contributed by atoms with Gasteiger partial charge in [-0.1, -0.05) is 0 Å². The van der Waals surface area contributed by atoms with Crippen molar-refractivity contribution < 1.29 is 84.6 Å². The first-order valence-corrected chi connectivity index (χ1v) is 12.9. The predicted molar refractivity (Wildman–Crippen MR) is 135 cm³/mol. The van der Waals surface area contributed by atoms with Crippen molar-refractivity contribution in [3.05, 3.63) is 110 Å². The topological polar surface area (TPSA) is 36.9 Å². The van der Waals surface area contributed by atoms with Crippen molar-refractivity contribution in [1.82, 2.24) is 0 Å². The largest absolute Gasteiger partial charge is 0.643 e. The van der Waals surface area contributed by atoms with E-state index in [-0.39, 0.29) is 0 Å². The van der Waals surface area contributed by atoms with Crippen LogP contribution in [0.4, 0.5) is 65.9 Å². The lowest BCUT2D eigenvalue weighted by atomic mass is 9.77. The molecule has 0 aliphatic rings. The molecule has 3 aromatic carbocycles. The first-order valence-electron chi connectivity index (χ1n) is 12.9. The summed E-state index contributed by atoms with van der Waals surface area (Å²) in [7, 11) is -3.23. The van der Waals surface area contributed by atoms with Gasteiger partial charge in [-0.3, -0.25) is 0 Å². The first-order chi connectivity index (χ1) is 22.3. The van der Waals surface area contributed by atoms with Crippen LogP contribution in [0.25, 0.3) is 11.1 Å². The van der Waals surface area contributed by atoms with E-state index in [4.69, 9.17) is 18.8 Å². The predicted octanol–water partition coefficient (Wildman–Crippen LogP) is 8.35. The van der Waals surface area contributed by atoms with E-state index in [1.807, 2.05) is 0 Å². The summed E-state index contributed by atoms with van der Waals surface area (Å²) in [6.07, 6.45) is 0. The van der Waals surface area contributed by atoms with Crippen molar-refractivity contribution in [2.75, 3.05) is 13.2 Å². The van der Waals surface area contributed by atoms with Gasteiger partial charge in [0.15, 0.2) is 75.6 Å². The van der Waals surface area contributed by atoms with Crippen molar-refractivity contribution >= 4 is 23.7 Å². The molecule has 0 spiro atoms. The van der Waals surface area contributed by atoms with Gasteiger partial charge in [-0.05, 0) is 27.7 Å². The molecule has 20 heteroatoms. The fourth-order valence-electron chi connectivity index (χ4n) is 3.96. The van der Waals surface area contributed by atoms with Gasteiger partial charge in [0.2, 0.25) is 11.6 Å². The Bertz CT molecular complexity index is 1660. The fraction of sp³-hybridized carbons (Fsp3) is 0.214. The molecule has 3 rings (SSSR count). The second-order valence-electron chi connectivity index (χ2n) is 9.13. The Labute approximate surface area is 260 Å². The molecule has 0 aliphatic carbocycles. The number of hydrogen-bond donors (Lipinski definition) is 0. The summed E-state index contributed by atoms with van der Waals surface area (Å²) in [6.45, 7) is 1.98. The highest BCUT2D eigenvalue weighted by atomic mass is 19.2. The fourth-order valence-corrected chi connectivity index (χ4v) is 3.96. The maximum absolute atomic E-state index is 15.0. The van der Waals surface area contributed by atoms with Crippen LogP contribution in [-0.2, 0) is 18.8 Å². The zero-order valence-electron chi connectivity index (χ0n) is 24.3. The Hall–Kier alpha value is -4.65. The van der Waals surface area contributed by atoms with Crippen LogP contribution in [0.5, 0.6) is 0 Å². The Morgan fingerprint density at radius 1 is 0.396 bits per heavy atom. The van der Waals surface area contributed by atoms with Gasteiger partial charge in [0.05, 0.1) is 29.8 Å². The molecular formula is C28H16BF15O4. The lowest BCUT2D eigenvalue weighted by Crippen LogP contribution is -2.43. The smallest absolute Gasteiger partial charge is 0.495 e. The quantitative estimate of drug-likeness (QED) is 0.0659. The highest BCUT2D eigenvalue weighted by Crippen LogP contribution is 2.34. The SMILES string of the molecule is CCO/C(OB(O/C(OCC)=C(\C)c1c(F)c(F)c(F)c(F)c1F)c1c(F)c(F)c(F)c(F)c1F)=C(/C)c1c(F)c(F)c(F)c(F)c1F. The molecule has 48 heavy (non-hydrogen) atoms. The van der Waals surface area contributed by atoms with Crippen LogP contribution in [0.2, 0.25) is 0 Å². The molecule has 260 valence electrons. The van der Waals surface area contributed by atoms with Gasteiger partial charge in [0.1, 0.15) is 0 Å². The minimum absolute atomic E-state index is 0.554. The molecule has 0 fully saturated rings. The van der Waals surface area contributed by atoms with Gasteiger partial charge < -0.3 is 18.8 Å². The lowest BCUT2D eigenvalue weighted by Gasteiger charge is -2.24. The summed E-state index contributed by atoms with van der Waals surface area (Å²) in [6, 6.07) is 0. The first kappa shape index (κ1) is 37.8. The molecule has 0 atom stereocenters.